The van der Waals surface area contributed by atoms with E-state index in [0.717, 1.165) is 10.8 Å². The van der Waals surface area contributed by atoms with E-state index in [2.05, 4.69) is 67.8 Å². The van der Waals surface area contributed by atoms with Gasteiger partial charge in [0.1, 0.15) is 48.0 Å². The van der Waals surface area contributed by atoms with Crippen LogP contribution in [0, 0.1) is 0 Å². The molecular weight excluding hydrogens is 1080 g/mol. The summed E-state index contributed by atoms with van der Waals surface area (Å²) >= 11 is 8.88. The highest BCUT2D eigenvalue weighted by molar-refractivity contribution is 7.81. The number of phenols is 1. The van der Waals surface area contributed by atoms with E-state index >= 15 is 0 Å². The number of hydrogen-bond acceptors (Lipinski definition) is 16. The largest absolute Gasteiger partial charge is 0.508 e. The summed E-state index contributed by atoms with van der Waals surface area (Å²) in [5, 5.41) is 42.4. The summed E-state index contributed by atoms with van der Waals surface area (Å²) in [6, 6.07) is 17.1. The Bertz CT molecular complexity index is 2750. The van der Waals surface area contributed by atoms with E-state index in [1.807, 2.05) is 36.4 Å². The lowest BCUT2D eigenvalue weighted by molar-refractivity contribution is -0.135. The van der Waals surface area contributed by atoms with Crippen molar-refractivity contribution in [1.29, 1.82) is 0 Å². The van der Waals surface area contributed by atoms with Crippen molar-refractivity contribution >= 4 is 89.2 Å². The molecule has 0 aliphatic heterocycles. The number of aliphatic hydroxyl groups is 1. The van der Waals surface area contributed by atoms with Gasteiger partial charge in [-0.15, -0.1) is 0 Å². The van der Waals surface area contributed by atoms with Gasteiger partial charge in [0.2, 0.25) is 53.2 Å². The van der Waals surface area contributed by atoms with Crippen molar-refractivity contribution in [3.05, 3.63) is 114 Å². The number of fused-ring (bicyclic) bond motifs is 1. The Hall–Kier alpha value is -7.29. The van der Waals surface area contributed by atoms with Crippen LogP contribution in [0.5, 0.6) is 5.75 Å². The van der Waals surface area contributed by atoms with Gasteiger partial charge in [-0.1, -0.05) is 84.9 Å². The van der Waals surface area contributed by atoms with E-state index < -0.39 is 119 Å². The summed E-state index contributed by atoms with van der Waals surface area (Å²) < 4.78 is -1.21. The van der Waals surface area contributed by atoms with E-state index in [4.69, 9.17) is 22.9 Å². The fraction of sp³-hybridized carbons (Fsp3) is 0.446. The molecule has 0 spiro atoms. The van der Waals surface area contributed by atoms with Gasteiger partial charge in [0, 0.05) is 23.3 Å². The summed E-state index contributed by atoms with van der Waals surface area (Å²) in [6.07, 6.45) is 2.24. The monoisotopic (exact) mass is 1160 g/mol. The summed E-state index contributed by atoms with van der Waals surface area (Å²) in [6.45, 7) is 2.13. The fourth-order valence-corrected chi connectivity index (χ4v) is 8.91. The first-order valence-electron chi connectivity index (χ1n) is 26.6. The van der Waals surface area contributed by atoms with Gasteiger partial charge in [0.25, 0.3) is 0 Å². The first-order chi connectivity index (χ1) is 38.6. The predicted octanol–water partition coefficient (Wildman–Crippen LogP) is -1.22. The van der Waals surface area contributed by atoms with Crippen LogP contribution in [0.4, 0.5) is 0 Å². The molecule has 8 atom stereocenters. The van der Waals surface area contributed by atoms with Crippen molar-refractivity contribution in [2.45, 2.75) is 125 Å². The molecule has 0 bridgehead atoms. The maximum Gasteiger partial charge on any atom is 0.245 e. The van der Waals surface area contributed by atoms with Gasteiger partial charge >= 0.3 is 0 Å². The number of benzene rings is 4. The number of primary amides is 1. The van der Waals surface area contributed by atoms with Crippen LogP contribution < -0.4 is 65.5 Å². The first-order valence-corrected chi connectivity index (χ1v) is 27.7. The number of amides is 9. The maximum atomic E-state index is 14.2. The highest BCUT2D eigenvalue weighted by Crippen LogP contribution is 2.21. The molecule has 0 saturated heterocycles. The number of thiol groups is 2. The molecular formula is C56H78N12O11S2. The standard InChI is InChI=1S/C56H78N12O11S2/c1-56(2,81)47(68-49(73)39(59)27-34-19-22-38(70)23-20-34)55(79)66-42(29-35-18-21-36-14-6-7-15-37(36)26-35)50(74)61-30-46(71)62-44(31-69)53(77)65-43(28-33-12-4-3-5-13-33)52(76)67-45(32-80)54(78)64-41(17-9-11-25-58)51(75)63-40(48(60)72)16-8-10-24-57/h3-7,12-15,18-23,26,39-45,47,69-70,80-81H,8-11,16-17,24-25,27-32,57-59H2,1-2H3,(H2,60,72)(H,61,74)(H,62,71)(H,63,75)(H,64,78)(H,65,77)(H,66,79)(H,67,76)(H,68,73)/t39-,40-,41-,42-,43-,44-,45-,47+/m0/s1. The number of hydrogen-bond donors (Lipinski definition) is 16. The maximum absolute atomic E-state index is 14.2. The van der Waals surface area contributed by atoms with Gasteiger partial charge in [0.15, 0.2) is 0 Å². The molecule has 0 aliphatic rings. The Labute approximate surface area is 482 Å². The summed E-state index contributed by atoms with van der Waals surface area (Å²) in [7, 11) is 0. The Kier molecular flexibility index (Phi) is 27.4. The molecule has 0 radical (unpaired) electrons. The average Bonchev–Trinajstić information content (AvgIpc) is 3.43. The molecule has 9 amide bonds. The molecule has 440 valence electrons. The molecule has 4 aromatic rings. The first kappa shape index (κ1) is 66.2. The molecule has 23 nitrogen and oxygen atoms in total. The minimum atomic E-state index is -1.67. The van der Waals surface area contributed by atoms with Gasteiger partial charge in [-0.25, -0.2) is 0 Å². The number of aromatic hydroxyl groups is 1. The number of aliphatic hydroxyl groups excluding tert-OH is 1. The third-order valence-electron chi connectivity index (χ3n) is 13.0. The molecule has 0 aromatic heterocycles. The molecule has 0 saturated carbocycles. The lowest BCUT2D eigenvalue weighted by Crippen LogP contribution is -2.62. The summed E-state index contributed by atoms with van der Waals surface area (Å²) in [5.74, 6) is -7.65. The zero-order valence-electron chi connectivity index (χ0n) is 45.5. The number of nitrogens with one attached hydrogen (secondary N) is 8. The van der Waals surface area contributed by atoms with E-state index in [0.29, 0.717) is 55.5 Å². The van der Waals surface area contributed by atoms with Crippen LogP contribution in [0.2, 0.25) is 0 Å². The topological polar surface area (TPSA) is 394 Å². The summed E-state index contributed by atoms with van der Waals surface area (Å²) in [5.41, 5.74) is 24.9. The van der Waals surface area contributed by atoms with Crippen molar-refractivity contribution in [2.75, 3.05) is 32.0 Å². The van der Waals surface area contributed by atoms with Crippen molar-refractivity contribution < 1.29 is 53.4 Å². The molecule has 25 heteroatoms. The molecule has 0 heterocycles. The van der Waals surface area contributed by atoms with Crippen molar-refractivity contribution in [1.82, 2.24) is 42.5 Å². The Morgan fingerprint density at radius 2 is 1.02 bits per heavy atom. The van der Waals surface area contributed by atoms with E-state index in [1.165, 1.54) is 12.1 Å². The van der Waals surface area contributed by atoms with Gasteiger partial charge < -0.3 is 75.7 Å². The Balaban J connectivity index is 1.48. The number of rotatable bonds is 34. The van der Waals surface area contributed by atoms with Gasteiger partial charge in [-0.05, 0) is 111 Å². The zero-order chi connectivity index (χ0) is 59.6. The van der Waals surface area contributed by atoms with E-state index in [9.17, 15) is 53.4 Å². The van der Waals surface area contributed by atoms with E-state index in [1.54, 1.807) is 62.4 Å². The molecule has 0 fully saturated rings. The quantitative estimate of drug-likeness (QED) is 0.0193. The fourth-order valence-electron chi connectivity index (χ4n) is 8.47. The molecule has 81 heavy (non-hydrogen) atoms. The van der Waals surface area contributed by atoms with Gasteiger partial charge in [0.05, 0.1) is 19.2 Å². The van der Waals surface area contributed by atoms with Crippen LogP contribution in [-0.2, 0) is 62.4 Å². The third-order valence-corrected chi connectivity index (χ3v) is 13.7. The number of phenolic OH excluding ortho intramolecular Hbond substituents is 1. The molecule has 0 unspecified atom stereocenters. The second kappa shape index (κ2) is 33.5. The van der Waals surface area contributed by atoms with Crippen molar-refractivity contribution in [2.24, 2.45) is 22.9 Å². The molecule has 4 rings (SSSR count). The second-order valence-corrected chi connectivity index (χ2v) is 21.6. The zero-order valence-corrected chi connectivity index (χ0v) is 47.3. The Morgan fingerprint density at radius 3 is 1.63 bits per heavy atom. The van der Waals surface area contributed by atoms with Crippen LogP contribution in [-0.4, -0.2) is 148 Å². The molecule has 4 aromatic carbocycles. The number of unbranched alkanes of at least 4 members (excludes halogenated alkanes) is 2. The number of nitrogens with two attached hydrogens (primary N) is 4. The van der Waals surface area contributed by atoms with Gasteiger partial charge in [-0.2, -0.15) is 25.3 Å². The minimum Gasteiger partial charge on any atom is -0.508 e. The van der Waals surface area contributed by atoms with Crippen LogP contribution >= 0.6 is 25.3 Å². The molecule has 0 aliphatic carbocycles. The van der Waals surface area contributed by atoms with Crippen LogP contribution in [0.3, 0.4) is 0 Å². The van der Waals surface area contributed by atoms with E-state index in [-0.39, 0.29) is 43.6 Å². The van der Waals surface area contributed by atoms with Crippen molar-refractivity contribution in [3.8, 4) is 5.75 Å². The number of carbonyl (C=O) groups is 9. The predicted molar refractivity (Wildman–Crippen MR) is 313 cm³/mol. The SMILES string of the molecule is CC(C)(S)[C@H](NC(=O)[C@@H](N)Cc1ccc(O)cc1)C(=O)N[C@@H](Cc1ccc2ccccc2c1)C(=O)NCC(=O)N[C@@H](CO)C(=O)N[C@@H](Cc1ccccc1)C(=O)N[C@@H](CS)C(=O)N[C@@H](CCCCN)C(=O)N[C@@H](CCCCN)C(N)=O. The smallest absolute Gasteiger partial charge is 0.245 e. The highest BCUT2D eigenvalue weighted by Gasteiger charge is 2.38. The summed E-state index contributed by atoms with van der Waals surface area (Å²) in [4.78, 5) is 123. The van der Waals surface area contributed by atoms with Gasteiger partial charge in [-0.3, -0.25) is 43.2 Å². The van der Waals surface area contributed by atoms with Crippen molar-refractivity contribution in [3.63, 3.8) is 0 Å². The second-order valence-electron chi connectivity index (χ2n) is 20.1. The normalized spacial score (nSPS) is 14.3. The number of carbonyl (C=O) groups excluding carboxylic acids is 9. The third kappa shape index (κ3) is 22.3. The lowest BCUT2D eigenvalue weighted by Gasteiger charge is -2.32. The lowest BCUT2D eigenvalue weighted by atomic mass is 9.98. The van der Waals surface area contributed by atoms with Crippen LogP contribution in [0.1, 0.15) is 69.1 Å². The average molecular weight is 1160 g/mol. The highest BCUT2D eigenvalue weighted by atomic mass is 32.1. The Morgan fingerprint density at radius 1 is 0.531 bits per heavy atom. The van der Waals surface area contributed by atoms with Crippen LogP contribution in [0.25, 0.3) is 10.8 Å². The van der Waals surface area contributed by atoms with Crippen LogP contribution in [0.15, 0.2) is 97.1 Å². The molecule has 18 N–H and O–H groups in total. The minimum absolute atomic E-state index is 0.0310.